The van der Waals surface area contributed by atoms with Crippen molar-refractivity contribution >= 4 is 11.7 Å². The Hall–Kier alpha value is -3.14. The third kappa shape index (κ3) is 5.11. The SMILES string of the molecule is CC[C@@H](CC(=O)c1cc(C(=O)N[C@H](CC)c2ccccc2)c2n1CCCC2)c1ccccc1. The fraction of sp³-hybridized carbons (Fsp3) is 0.379. The van der Waals surface area contributed by atoms with Gasteiger partial charge in [-0.3, -0.25) is 9.59 Å². The lowest BCUT2D eigenvalue weighted by molar-refractivity contribution is 0.0933. The molecule has 1 amide bonds. The van der Waals surface area contributed by atoms with Crippen LogP contribution in [0.3, 0.4) is 0 Å². The second kappa shape index (κ2) is 10.7. The predicted molar refractivity (Wildman–Crippen MR) is 133 cm³/mol. The number of Topliss-reactive ketones (excluding diaryl/α,β-unsaturated/α-hetero) is 1. The highest BCUT2D eigenvalue weighted by Crippen LogP contribution is 2.29. The summed E-state index contributed by atoms with van der Waals surface area (Å²) in [6, 6.07) is 22.2. The van der Waals surface area contributed by atoms with Crippen molar-refractivity contribution < 1.29 is 9.59 Å². The summed E-state index contributed by atoms with van der Waals surface area (Å²) in [5, 5.41) is 3.22. The van der Waals surface area contributed by atoms with E-state index in [9.17, 15) is 9.59 Å². The molecule has 1 N–H and O–H groups in total. The van der Waals surface area contributed by atoms with Crippen LogP contribution in [0.15, 0.2) is 66.7 Å². The van der Waals surface area contributed by atoms with E-state index in [1.807, 2.05) is 54.6 Å². The van der Waals surface area contributed by atoms with Crippen LogP contribution in [-0.4, -0.2) is 16.3 Å². The third-order valence-electron chi connectivity index (χ3n) is 6.90. The zero-order valence-corrected chi connectivity index (χ0v) is 19.7. The lowest BCUT2D eigenvalue weighted by Gasteiger charge is -2.21. The van der Waals surface area contributed by atoms with E-state index in [-0.39, 0.29) is 23.7 Å². The van der Waals surface area contributed by atoms with Crippen molar-refractivity contribution in [1.82, 2.24) is 9.88 Å². The monoisotopic (exact) mass is 442 g/mol. The lowest BCUT2D eigenvalue weighted by Crippen LogP contribution is -2.29. The van der Waals surface area contributed by atoms with E-state index < -0.39 is 0 Å². The van der Waals surface area contributed by atoms with E-state index in [0.29, 0.717) is 17.7 Å². The second-order valence-electron chi connectivity index (χ2n) is 8.99. The van der Waals surface area contributed by atoms with Crippen molar-refractivity contribution in [2.75, 3.05) is 0 Å². The lowest BCUT2D eigenvalue weighted by atomic mass is 9.90. The fourth-order valence-electron chi connectivity index (χ4n) is 5.00. The van der Waals surface area contributed by atoms with Crippen LogP contribution >= 0.6 is 0 Å². The van der Waals surface area contributed by atoms with Gasteiger partial charge in [-0.2, -0.15) is 0 Å². The van der Waals surface area contributed by atoms with E-state index in [4.69, 9.17) is 0 Å². The predicted octanol–water partition coefficient (Wildman–Crippen LogP) is 6.47. The molecule has 2 heterocycles. The molecule has 172 valence electrons. The average Bonchev–Trinajstić information content (AvgIpc) is 3.26. The van der Waals surface area contributed by atoms with Gasteiger partial charge in [0.1, 0.15) is 0 Å². The van der Waals surface area contributed by atoms with Crippen molar-refractivity contribution in [3.8, 4) is 0 Å². The Morgan fingerprint density at radius 1 is 0.909 bits per heavy atom. The minimum Gasteiger partial charge on any atom is -0.345 e. The quantitative estimate of drug-likeness (QED) is 0.386. The molecule has 0 unspecified atom stereocenters. The van der Waals surface area contributed by atoms with Gasteiger partial charge in [0.2, 0.25) is 0 Å². The van der Waals surface area contributed by atoms with Crippen LogP contribution in [-0.2, 0) is 13.0 Å². The van der Waals surface area contributed by atoms with Crippen LogP contribution in [0.2, 0.25) is 0 Å². The Kier molecular flexibility index (Phi) is 7.43. The highest BCUT2D eigenvalue weighted by atomic mass is 16.2. The minimum atomic E-state index is -0.0782. The summed E-state index contributed by atoms with van der Waals surface area (Å²) in [7, 11) is 0. The van der Waals surface area contributed by atoms with Gasteiger partial charge in [-0.15, -0.1) is 0 Å². The van der Waals surface area contributed by atoms with Crippen LogP contribution in [0, 0.1) is 0 Å². The first-order valence-electron chi connectivity index (χ1n) is 12.3. The van der Waals surface area contributed by atoms with E-state index in [1.54, 1.807) is 0 Å². The number of benzene rings is 2. The summed E-state index contributed by atoms with van der Waals surface area (Å²) < 4.78 is 2.11. The second-order valence-corrected chi connectivity index (χ2v) is 8.99. The Morgan fingerprint density at radius 3 is 2.21 bits per heavy atom. The van der Waals surface area contributed by atoms with Gasteiger partial charge in [-0.1, -0.05) is 74.5 Å². The van der Waals surface area contributed by atoms with Crippen LogP contribution in [0.4, 0.5) is 0 Å². The molecule has 0 spiro atoms. The van der Waals surface area contributed by atoms with Crippen molar-refractivity contribution in [3.63, 3.8) is 0 Å². The maximum absolute atomic E-state index is 13.4. The van der Waals surface area contributed by atoms with Crippen LogP contribution in [0.25, 0.3) is 0 Å². The molecule has 1 aliphatic rings. The van der Waals surface area contributed by atoms with Gasteiger partial charge in [0.25, 0.3) is 5.91 Å². The zero-order valence-electron chi connectivity index (χ0n) is 19.7. The first-order valence-corrected chi connectivity index (χ1v) is 12.3. The molecule has 0 bridgehead atoms. The summed E-state index contributed by atoms with van der Waals surface area (Å²) in [5.41, 5.74) is 4.67. The maximum atomic E-state index is 13.4. The molecule has 2 atom stereocenters. The molecule has 1 aromatic heterocycles. The summed E-state index contributed by atoms with van der Waals surface area (Å²) in [4.78, 5) is 26.8. The molecule has 0 fully saturated rings. The smallest absolute Gasteiger partial charge is 0.253 e. The van der Waals surface area contributed by atoms with Gasteiger partial charge in [-0.05, 0) is 55.2 Å². The summed E-state index contributed by atoms with van der Waals surface area (Å²) in [6.45, 7) is 5.02. The van der Waals surface area contributed by atoms with Crippen molar-refractivity contribution in [3.05, 3.63) is 94.8 Å². The first-order chi connectivity index (χ1) is 16.1. The van der Waals surface area contributed by atoms with Crippen molar-refractivity contribution in [1.29, 1.82) is 0 Å². The van der Waals surface area contributed by atoms with Gasteiger partial charge in [0.05, 0.1) is 17.3 Å². The highest BCUT2D eigenvalue weighted by molar-refractivity contribution is 6.01. The Labute approximate surface area is 197 Å². The molecule has 3 aromatic rings. The van der Waals surface area contributed by atoms with Crippen molar-refractivity contribution in [2.24, 2.45) is 0 Å². The number of nitrogens with one attached hydrogen (secondary N) is 1. The minimum absolute atomic E-state index is 0.0421. The summed E-state index contributed by atoms with van der Waals surface area (Å²) in [6.07, 6.45) is 5.12. The van der Waals surface area contributed by atoms with Gasteiger partial charge in [-0.25, -0.2) is 0 Å². The van der Waals surface area contributed by atoms with Crippen LogP contribution in [0.5, 0.6) is 0 Å². The third-order valence-corrected chi connectivity index (χ3v) is 6.90. The van der Waals surface area contributed by atoms with Crippen LogP contribution < -0.4 is 5.32 Å². The number of hydrogen-bond acceptors (Lipinski definition) is 2. The van der Waals surface area contributed by atoms with Crippen molar-refractivity contribution in [2.45, 2.75) is 70.9 Å². The number of carbonyl (C=O) groups excluding carboxylic acids is 2. The zero-order chi connectivity index (χ0) is 23.2. The normalized spacial score (nSPS) is 14.8. The number of fused-ring (bicyclic) bond motifs is 1. The largest absolute Gasteiger partial charge is 0.345 e. The van der Waals surface area contributed by atoms with E-state index in [2.05, 4.69) is 35.9 Å². The van der Waals surface area contributed by atoms with Gasteiger partial charge in [0.15, 0.2) is 5.78 Å². The molecule has 33 heavy (non-hydrogen) atoms. The van der Waals surface area contributed by atoms with Gasteiger partial charge < -0.3 is 9.88 Å². The Balaban J connectivity index is 1.58. The first kappa shape index (κ1) is 23.0. The molecule has 4 nitrogen and oxygen atoms in total. The molecular weight excluding hydrogens is 408 g/mol. The molecule has 1 aliphatic heterocycles. The maximum Gasteiger partial charge on any atom is 0.253 e. The summed E-state index contributed by atoms with van der Waals surface area (Å²) >= 11 is 0. The molecule has 0 saturated heterocycles. The summed E-state index contributed by atoms with van der Waals surface area (Å²) in [5.74, 6) is 0.238. The van der Waals surface area contributed by atoms with Gasteiger partial charge >= 0.3 is 0 Å². The van der Waals surface area contributed by atoms with E-state index >= 15 is 0 Å². The fourth-order valence-corrected chi connectivity index (χ4v) is 5.00. The number of aromatic nitrogens is 1. The molecule has 2 aromatic carbocycles. The molecule has 0 saturated carbocycles. The van der Waals surface area contributed by atoms with Gasteiger partial charge in [0, 0.05) is 18.7 Å². The highest BCUT2D eigenvalue weighted by Gasteiger charge is 2.27. The number of rotatable bonds is 9. The Bertz CT molecular complexity index is 1000. The van der Waals surface area contributed by atoms with E-state index in [1.165, 1.54) is 5.56 Å². The number of ketones is 1. The standard InChI is InChI=1S/C29H34N2O2/c1-3-21(22-13-7-5-8-14-22)19-28(32)27-20-24(26-17-11-12-18-31(26)27)29(33)30-25(4-2)23-15-9-6-10-16-23/h5-10,13-16,20-21,25H,3-4,11-12,17-19H2,1-2H3,(H,30,33)/t21-,25+/m0/s1. The molecule has 0 radical (unpaired) electrons. The molecule has 4 heteroatoms. The van der Waals surface area contributed by atoms with Crippen LogP contribution in [0.1, 0.15) is 95.6 Å². The average molecular weight is 443 g/mol. The Morgan fingerprint density at radius 2 is 1.58 bits per heavy atom. The molecule has 0 aliphatic carbocycles. The van der Waals surface area contributed by atoms with E-state index in [0.717, 1.165) is 49.9 Å². The molecular formula is C29H34N2O2. The topological polar surface area (TPSA) is 51.1 Å². The number of hydrogen-bond donors (Lipinski definition) is 1. The molecule has 4 rings (SSSR count). The number of nitrogens with zero attached hydrogens (tertiary/aromatic N) is 1. The number of carbonyl (C=O) groups is 2. The number of amides is 1.